The molecule has 0 heterocycles. The van der Waals surface area contributed by atoms with Gasteiger partial charge in [-0.2, -0.15) is 0 Å². The Balaban J connectivity index is 0.000000772. The van der Waals surface area contributed by atoms with Gasteiger partial charge in [0, 0.05) is 5.92 Å². The van der Waals surface area contributed by atoms with Crippen LogP contribution in [0.2, 0.25) is 0 Å². The van der Waals surface area contributed by atoms with Crippen LogP contribution in [0.25, 0.3) is 0 Å². The van der Waals surface area contributed by atoms with Gasteiger partial charge in [0.05, 0.1) is 0 Å². The summed E-state index contributed by atoms with van der Waals surface area (Å²) in [4.78, 5) is 0. The third kappa shape index (κ3) is 8.57. The molecule has 2 aromatic rings. The summed E-state index contributed by atoms with van der Waals surface area (Å²) < 4.78 is 65.0. The van der Waals surface area contributed by atoms with Crippen molar-refractivity contribution in [1.82, 2.24) is 0 Å². The zero-order chi connectivity index (χ0) is 18.4. The Kier molecular flexibility index (Phi) is 12.3. The van der Waals surface area contributed by atoms with Crippen molar-refractivity contribution >= 4 is 0 Å². The van der Waals surface area contributed by atoms with Crippen LogP contribution in [0.15, 0.2) is 48.5 Å². The zero-order valence-electron chi connectivity index (χ0n) is 12.9. The van der Waals surface area contributed by atoms with Gasteiger partial charge < -0.3 is 5.73 Å². The predicted octanol–water partition coefficient (Wildman–Crippen LogP) is 5.21. The highest BCUT2D eigenvalue weighted by atomic mass is 19.3. The highest BCUT2D eigenvalue weighted by Gasteiger charge is 2.14. The van der Waals surface area contributed by atoms with Gasteiger partial charge in [-0.15, -0.1) is 0 Å². The first-order chi connectivity index (χ1) is 11.5. The summed E-state index contributed by atoms with van der Waals surface area (Å²) in [5.74, 6) is -0.641. The zero-order valence-corrected chi connectivity index (χ0v) is 12.9. The Morgan fingerprint density at radius 1 is 0.750 bits per heavy atom. The van der Waals surface area contributed by atoms with Crippen molar-refractivity contribution in [3.05, 3.63) is 71.3 Å². The first kappa shape index (κ1) is 22.0. The Morgan fingerprint density at radius 2 is 1.12 bits per heavy atom. The molecule has 2 N–H and O–H groups in total. The maximum absolute atomic E-state index is 13.3. The lowest BCUT2D eigenvalue weighted by molar-refractivity contribution is 0.295. The summed E-state index contributed by atoms with van der Waals surface area (Å²) in [6, 6.07) is 12.8. The third-order valence-electron chi connectivity index (χ3n) is 2.96. The van der Waals surface area contributed by atoms with Gasteiger partial charge in [0.25, 0.3) is 0 Å². The lowest BCUT2D eigenvalue weighted by Crippen LogP contribution is -2.09. The van der Waals surface area contributed by atoms with E-state index in [1.54, 1.807) is 12.1 Å². The van der Waals surface area contributed by atoms with E-state index in [1.807, 2.05) is 12.1 Å². The lowest BCUT2D eigenvalue weighted by Gasteiger charge is -2.17. The van der Waals surface area contributed by atoms with Crippen molar-refractivity contribution in [2.75, 3.05) is 20.4 Å². The maximum atomic E-state index is 13.3. The first-order valence-corrected chi connectivity index (χ1v) is 6.98. The fourth-order valence-corrected chi connectivity index (χ4v) is 2.14. The fourth-order valence-electron chi connectivity index (χ4n) is 2.14. The predicted molar refractivity (Wildman–Crippen MR) is 82.5 cm³/mol. The van der Waals surface area contributed by atoms with E-state index in [0.29, 0.717) is 13.0 Å². The Morgan fingerprint density at radius 3 is 1.42 bits per heavy atom. The van der Waals surface area contributed by atoms with Crippen LogP contribution in [0.3, 0.4) is 0 Å². The van der Waals surface area contributed by atoms with Crippen LogP contribution in [-0.4, -0.2) is 20.4 Å². The molecule has 0 fully saturated rings. The second kappa shape index (κ2) is 13.4. The highest BCUT2D eigenvalue weighted by molar-refractivity contribution is 5.33. The molecule has 0 aliphatic heterocycles. The Labute approximate surface area is 137 Å². The number of nitrogens with two attached hydrogens (primary N) is 1. The molecule has 0 saturated heterocycles. The van der Waals surface area contributed by atoms with Gasteiger partial charge in [0.2, 0.25) is 13.9 Å². The number of benzene rings is 2. The van der Waals surface area contributed by atoms with E-state index < -0.39 is 13.9 Å². The van der Waals surface area contributed by atoms with Crippen LogP contribution < -0.4 is 5.73 Å². The minimum atomic E-state index is -1.75. The molecule has 0 bridgehead atoms. The molecule has 0 amide bonds. The number of hydrogen-bond acceptors (Lipinski definition) is 1. The smallest absolute Gasteiger partial charge is 0.229 e. The van der Waals surface area contributed by atoms with Crippen molar-refractivity contribution in [3.8, 4) is 0 Å². The largest absolute Gasteiger partial charge is 0.330 e. The fraction of sp³-hybridized carbons (Fsp3) is 0.294. The quantitative estimate of drug-likeness (QED) is 0.752. The molecular weight excluding hydrogens is 332 g/mol. The molecular formula is C17H19F6N. The molecule has 0 unspecified atom stereocenters. The molecule has 7 heteroatoms. The molecule has 2 aromatic carbocycles. The maximum Gasteiger partial charge on any atom is 0.229 e. The Hall–Kier alpha value is -2.02. The van der Waals surface area contributed by atoms with E-state index in [1.165, 1.54) is 24.3 Å². The number of halogens is 6. The SMILES string of the molecule is FCF.FCF.NCCC(c1cccc(F)c1)c1cccc(F)c1. The minimum Gasteiger partial charge on any atom is -0.330 e. The molecule has 0 aliphatic carbocycles. The van der Waals surface area contributed by atoms with Crippen LogP contribution >= 0.6 is 0 Å². The van der Waals surface area contributed by atoms with Crippen LogP contribution in [0.4, 0.5) is 26.3 Å². The second-order valence-electron chi connectivity index (χ2n) is 4.44. The van der Waals surface area contributed by atoms with E-state index in [0.717, 1.165) is 11.1 Å². The normalized spacial score (nSPS) is 9.67. The van der Waals surface area contributed by atoms with Gasteiger partial charge in [-0.3, -0.25) is 0 Å². The van der Waals surface area contributed by atoms with Gasteiger partial charge in [0.15, 0.2) is 0 Å². The highest BCUT2D eigenvalue weighted by Crippen LogP contribution is 2.28. The standard InChI is InChI=1S/C15H15F2N.2CH2F2/c16-13-5-1-3-11(9-13)15(7-8-18)12-4-2-6-14(17)10-12;2*2-1-3/h1-6,9-10,15H,7-8,18H2;2*1H2. The van der Waals surface area contributed by atoms with Crippen molar-refractivity contribution in [2.45, 2.75) is 12.3 Å². The topological polar surface area (TPSA) is 26.0 Å². The van der Waals surface area contributed by atoms with Crippen molar-refractivity contribution in [1.29, 1.82) is 0 Å². The molecule has 0 radical (unpaired) electrons. The summed E-state index contributed by atoms with van der Waals surface area (Å²) in [7, 11) is 0. The van der Waals surface area contributed by atoms with Crippen LogP contribution in [0.1, 0.15) is 23.5 Å². The molecule has 134 valence electrons. The molecule has 0 saturated carbocycles. The van der Waals surface area contributed by atoms with Gasteiger partial charge in [-0.05, 0) is 48.4 Å². The van der Waals surface area contributed by atoms with Gasteiger partial charge >= 0.3 is 0 Å². The van der Waals surface area contributed by atoms with Gasteiger partial charge in [0.1, 0.15) is 11.6 Å². The van der Waals surface area contributed by atoms with E-state index in [4.69, 9.17) is 5.73 Å². The van der Waals surface area contributed by atoms with E-state index in [9.17, 15) is 26.3 Å². The summed E-state index contributed by atoms with van der Waals surface area (Å²) >= 11 is 0. The summed E-state index contributed by atoms with van der Waals surface area (Å²) in [6.45, 7) is -3.03. The van der Waals surface area contributed by atoms with Gasteiger partial charge in [-0.25, -0.2) is 26.3 Å². The van der Waals surface area contributed by atoms with Crippen molar-refractivity contribution in [3.63, 3.8) is 0 Å². The second-order valence-corrected chi connectivity index (χ2v) is 4.44. The first-order valence-electron chi connectivity index (χ1n) is 6.98. The number of hydrogen-bond donors (Lipinski definition) is 1. The summed E-state index contributed by atoms with van der Waals surface area (Å²) in [5.41, 5.74) is 7.24. The summed E-state index contributed by atoms with van der Waals surface area (Å²) in [6.07, 6.45) is 0.660. The molecule has 0 atom stereocenters. The van der Waals surface area contributed by atoms with Crippen molar-refractivity contribution in [2.24, 2.45) is 5.73 Å². The average molecular weight is 351 g/mol. The van der Waals surface area contributed by atoms with E-state index in [-0.39, 0.29) is 17.6 Å². The third-order valence-corrected chi connectivity index (χ3v) is 2.96. The molecule has 0 aliphatic rings. The van der Waals surface area contributed by atoms with E-state index >= 15 is 0 Å². The van der Waals surface area contributed by atoms with Gasteiger partial charge in [-0.1, -0.05) is 24.3 Å². The van der Waals surface area contributed by atoms with Crippen LogP contribution in [0.5, 0.6) is 0 Å². The average Bonchev–Trinajstić information content (AvgIpc) is 2.54. The minimum absolute atomic E-state index is 0.0681. The van der Waals surface area contributed by atoms with Crippen molar-refractivity contribution < 1.29 is 26.3 Å². The number of alkyl halides is 4. The molecule has 2 rings (SSSR count). The molecule has 1 nitrogen and oxygen atoms in total. The molecule has 0 aromatic heterocycles. The van der Waals surface area contributed by atoms with E-state index in [2.05, 4.69) is 0 Å². The molecule has 0 spiro atoms. The molecule has 24 heavy (non-hydrogen) atoms. The monoisotopic (exact) mass is 351 g/mol. The number of rotatable bonds is 4. The van der Waals surface area contributed by atoms with Crippen LogP contribution in [-0.2, 0) is 0 Å². The Bertz CT molecular complexity index is 517. The van der Waals surface area contributed by atoms with Crippen LogP contribution in [0, 0.1) is 11.6 Å². The summed E-state index contributed by atoms with van der Waals surface area (Å²) in [5, 5.41) is 0. The lowest BCUT2D eigenvalue weighted by atomic mass is 9.88.